The van der Waals surface area contributed by atoms with Gasteiger partial charge < -0.3 is 15.0 Å². The number of anilines is 2. The fraction of sp³-hybridized carbons (Fsp3) is 0.321. The molecule has 0 bridgehead atoms. The number of carbonyl (C=O) groups is 2. The third-order valence-corrected chi connectivity index (χ3v) is 8.71. The van der Waals surface area contributed by atoms with Crippen molar-refractivity contribution in [2.75, 3.05) is 49.6 Å². The smallest absolute Gasteiger partial charge is 0.264 e. The number of hydrogen-bond donors (Lipinski definition) is 1. The number of thiocarbonyl (C=S) groups is 1. The summed E-state index contributed by atoms with van der Waals surface area (Å²) < 4.78 is 19.3. The lowest BCUT2D eigenvalue weighted by Crippen LogP contribution is -2.49. The van der Waals surface area contributed by atoms with Gasteiger partial charge in [-0.05, 0) is 55.8 Å². The number of methoxy groups -OCH3 is 1. The Morgan fingerprint density at radius 1 is 1.08 bits per heavy atom. The number of piperazine rings is 1. The van der Waals surface area contributed by atoms with E-state index in [1.807, 2.05) is 38.1 Å². The van der Waals surface area contributed by atoms with Crippen molar-refractivity contribution in [1.82, 2.24) is 10.2 Å². The molecule has 1 N–H and O–H groups in total. The first kappa shape index (κ1) is 25.1. The largest absolute Gasteiger partial charge is 0.497 e. The van der Waals surface area contributed by atoms with Crippen molar-refractivity contribution in [2.45, 2.75) is 19.4 Å². The van der Waals surface area contributed by atoms with Crippen LogP contribution in [0.2, 0.25) is 0 Å². The number of carbonyl (C=O) groups excluding carboxylic acids is 2. The van der Waals surface area contributed by atoms with Crippen LogP contribution in [-0.2, 0) is 9.59 Å². The minimum atomic E-state index is -0.596. The number of thioether (sulfide) groups is 1. The molecule has 0 saturated carbocycles. The van der Waals surface area contributed by atoms with Crippen LogP contribution in [0.5, 0.6) is 5.75 Å². The minimum absolute atomic E-state index is 0.204. The van der Waals surface area contributed by atoms with Crippen LogP contribution in [0, 0.1) is 5.82 Å². The van der Waals surface area contributed by atoms with Gasteiger partial charge in [0.2, 0.25) is 0 Å². The van der Waals surface area contributed by atoms with Crippen LogP contribution in [-0.4, -0.2) is 66.4 Å². The van der Waals surface area contributed by atoms with E-state index in [4.69, 9.17) is 17.0 Å². The molecule has 2 aromatic rings. The summed E-state index contributed by atoms with van der Waals surface area (Å²) in [6, 6.07) is 10.5. The SMILES string of the molecule is COc1cc2c3c(c1)C(=C1SC(=S)NC1=O)C(=O)N3C(C)(C)C=C2CN1CCN(c2ccc(F)cc2)CC1. The van der Waals surface area contributed by atoms with Gasteiger partial charge in [0, 0.05) is 49.5 Å². The van der Waals surface area contributed by atoms with Gasteiger partial charge in [-0.15, -0.1) is 0 Å². The lowest BCUT2D eigenvalue weighted by molar-refractivity contribution is -0.116. The highest BCUT2D eigenvalue weighted by molar-refractivity contribution is 8.27. The van der Waals surface area contributed by atoms with Crippen molar-refractivity contribution in [1.29, 1.82) is 0 Å². The van der Waals surface area contributed by atoms with Crippen molar-refractivity contribution in [3.63, 3.8) is 0 Å². The van der Waals surface area contributed by atoms with Crippen LogP contribution in [0.3, 0.4) is 0 Å². The maximum atomic E-state index is 13.8. The average Bonchev–Trinajstić information content (AvgIpc) is 3.37. The molecule has 196 valence electrons. The molecule has 6 rings (SSSR count). The second-order valence-corrected chi connectivity index (χ2v) is 12.0. The predicted molar refractivity (Wildman–Crippen MR) is 153 cm³/mol. The summed E-state index contributed by atoms with van der Waals surface area (Å²) in [6.07, 6.45) is 2.16. The van der Waals surface area contributed by atoms with Crippen molar-refractivity contribution in [3.8, 4) is 5.75 Å². The molecule has 10 heteroatoms. The minimum Gasteiger partial charge on any atom is -0.497 e. The molecule has 4 aliphatic heterocycles. The van der Waals surface area contributed by atoms with Gasteiger partial charge in [-0.3, -0.25) is 19.4 Å². The van der Waals surface area contributed by atoms with Crippen LogP contribution in [0.1, 0.15) is 25.0 Å². The first-order valence-electron chi connectivity index (χ1n) is 12.5. The molecule has 0 aromatic heterocycles. The fourth-order valence-corrected chi connectivity index (χ4v) is 6.85. The summed E-state index contributed by atoms with van der Waals surface area (Å²) in [5.74, 6) is -0.148. The third kappa shape index (κ3) is 4.11. The monoisotopic (exact) mass is 550 g/mol. The molecule has 2 aromatic carbocycles. The number of halogens is 1. The summed E-state index contributed by atoms with van der Waals surface area (Å²) in [5, 5.41) is 2.64. The van der Waals surface area contributed by atoms with E-state index >= 15 is 0 Å². The highest BCUT2D eigenvalue weighted by Crippen LogP contribution is 2.52. The highest BCUT2D eigenvalue weighted by Gasteiger charge is 2.48. The lowest BCUT2D eigenvalue weighted by Gasteiger charge is -2.41. The maximum Gasteiger partial charge on any atom is 0.264 e. The predicted octanol–water partition coefficient (Wildman–Crippen LogP) is 4.04. The second kappa shape index (κ2) is 9.21. The zero-order valence-electron chi connectivity index (χ0n) is 21.3. The summed E-state index contributed by atoms with van der Waals surface area (Å²) in [5.41, 5.74) is 4.38. The summed E-state index contributed by atoms with van der Waals surface area (Å²) in [7, 11) is 1.60. The van der Waals surface area contributed by atoms with Crippen molar-refractivity contribution in [2.24, 2.45) is 0 Å². The molecule has 7 nitrogen and oxygen atoms in total. The number of hydrogen-bond acceptors (Lipinski definition) is 7. The molecule has 0 atom stereocenters. The Balaban J connectivity index is 1.34. The van der Waals surface area contributed by atoms with E-state index in [0.717, 1.165) is 60.5 Å². The number of benzene rings is 2. The quantitative estimate of drug-likeness (QED) is 0.456. The zero-order valence-corrected chi connectivity index (χ0v) is 23.0. The number of nitrogens with zero attached hydrogens (tertiary/aromatic N) is 3. The van der Waals surface area contributed by atoms with Crippen LogP contribution >= 0.6 is 24.0 Å². The maximum absolute atomic E-state index is 13.8. The van der Waals surface area contributed by atoms with E-state index in [1.165, 1.54) is 12.1 Å². The number of rotatable bonds is 4. The van der Waals surface area contributed by atoms with Crippen LogP contribution < -0.4 is 19.9 Å². The van der Waals surface area contributed by atoms with Crippen LogP contribution in [0.4, 0.5) is 15.8 Å². The first-order valence-corrected chi connectivity index (χ1v) is 13.7. The summed E-state index contributed by atoms with van der Waals surface area (Å²) in [4.78, 5) is 33.3. The van der Waals surface area contributed by atoms with E-state index in [1.54, 1.807) is 12.0 Å². The molecule has 0 unspecified atom stereocenters. The molecule has 38 heavy (non-hydrogen) atoms. The van der Waals surface area contributed by atoms with Gasteiger partial charge in [0.15, 0.2) is 0 Å². The van der Waals surface area contributed by atoms with Crippen molar-refractivity contribution in [3.05, 3.63) is 64.3 Å². The number of ether oxygens (including phenoxy) is 1. The van der Waals surface area contributed by atoms with Gasteiger partial charge in [-0.2, -0.15) is 0 Å². The van der Waals surface area contributed by atoms with Crippen LogP contribution in [0.25, 0.3) is 11.1 Å². The van der Waals surface area contributed by atoms with Gasteiger partial charge >= 0.3 is 0 Å². The zero-order chi connectivity index (χ0) is 26.8. The lowest BCUT2D eigenvalue weighted by atomic mass is 9.87. The Morgan fingerprint density at radius 2 is 1.76 bits per heavy atom. The van der Waals surface area contributed by atoms with Gasteiger partial charge in [0.05, 0.1) is 28.8 Å². The first-order chi connectivity index (χ1) is 18.2. The summed E-state index contributed by atoms with van der Waals surface area (Å²) >= 11 is 6.33. The van der Waals surface area contributed by atoms with Crippen molar-refractivity contribution < 1.29 is 18.7 Å². The Labute approximate surface area is 230 Å². The molecule has 2 fully saturated rings. The van der Waals surface area contributed by atoms with Gasteiger partial charge in [0.25, 0.3) is 11.8 Å². The second-order valence-electron chi connectivity index (χ2n) is 10.3. The van der Waals surface area contributed by atoms with E-state index < -0.39 is 5.54 Å². The van der Waals surface area contributed by atoms with Gasteiger partial charge in [-0.1, -0.05) is 30.1 Å². The number of nitrogens with one attached hydrogen (secondary N) is 1. The topological polar surface area (TPSA) is 65.1 Å². The standard InChI is InChI=1S/C28H27FN4O3S2/c1-28(2)14-16(15-31-8-10-32(11-9-31)18-6-4-17(29)5-7-18)20-12-19(36-3)13-21-22(26(35)33(28)23(20)21)24-25(34)30-27(37)38-24/h4-7,12-14H,8-11,15H2,1-3H3,(H,30,34,37). The Morgan fingerprint density at radius 3 is 2.39 bits per heavy atom. The molecule has 0 radical (unpaired) electrons. The third-order valence-electron chi connectivity index (χ3n) is 7.48. The van der Waals surface area contributed by atoms with E-state index in [9.17, 15) is 14.0 Å². The Bertz CT molecular complexity index is 1440. The van der Waals surface area contributed by atoms with Gasteiger partial charge in [0.1, 0.15) is 15.9 Å². The normalized spacial score (nSPS) is 22.5. The average molecular weight is 551 g/mol. The van der Waals surface area contributed by atoms with E-state index in [-0.39, 0.29) is 17.6 Å². The van der Waals surface area contributed by atoms with Gasteiger partial charge in [-0.25, -0.2) is 4.39 Å². The molecule has 4 heterocycles. The van der Waals surface area contributed by atoms with E-state index in [0.29, 0.717) is 32.7 Å². The molecule has 0 spiro atoms. The molecular formula is C28H27FN4O3S2. The Hall–Kier alpha value is -3.21. The molecule has 0 aliphatic carbocycles. The molecular weight excluding hydrogens is 523 g/mol. The van der Waals surface area contributed by atoms with E-state index in [2.05, 4.69) is 21.2 Å². The molecule has 4 aliphatic rings. The van der Waals surface area contributed by atoms with Crippen molar-refractivity contribution >= 4 is 62.6 Å². The summed E-state index contributed by atoms with van der Waals surface area (Å²) in [6.45, 7) is 8.15. The van der Waals surface area contributed by atoms with Crippen LogP contribution in [0.15, 0.2) is 47.4 Å². The molecule has 2 amide bonds. The molecule has 2 saturated heterocycles. The Kier molecular flexibility index (Phi) is 6.08. The highest BCUT2D eigenvalue weighted by atomic mass is 32.2. The number of amides is 2. The fourth-order valence-electron chi connectivity index (χ4n) is 5.74.